The summed E-state index contributed by atoms with van der Waals surface area (Å²) in [6.45, 7) is 6.50. The minimum absolute atomic E-state index is 0.0771. The second-order valence-corrected chi connectivity index (χ2v) is 4.55. The fraction of sp³-hybridized carbons (Fsp3) is 0.750. The van der Waals surface area contributed by atoms with Crippen molar-refractivity contribution in [1.29, 1.82) is 0 Å². The Kier molecular flexibility index (Phi) is 7.50. The summed E-state index contributed by atoms with van der Waals surface area (Å²) in [6, 6.07) is 0. The van der Waals surface area contributed by atoms with Gasteiger partial charge in [0.2, 0.25) is 11.8 Å². The Morgan fingerprint density at radius 2 is 1.72 bits per heavy atom. The zero-order valence-electron chi connectivity index (χ0n) is 11.3. The van der Waals surface area contributed by atoms with E-state index in [2.05, 4.69) is 10.6 Å². The fourth-order valence-corrected chi connectivity index (χ4v) is 2.16. The van der Waals surface area contributed by atoms with Crippen molar-refractivity contribution in [2.75, 3.05) is 13.1 Å². The molecule has 0 bridgehead atoms. The first kappa shape index (κ1) is 16.8. The van der Waals surface area contributed by atoms with Crippen LogP contribution in [0.4, 0.5) is 0 Å². The lowest BCUT2D eigenvalue weighted by Crippen LogP contribution is -2.48. The molecule has 2 amide bonds. The SMILES string of the molecule is CCNC(=O)CCNC(=O)C(CC)(CC)C(N)=S. The molecule has 18 heavy (non-hydrogen) atoms. The molecule has 0 saturated carbocycles. The Balaban J connectivity index is 4.37. The highest BCUT2D eigenvalue weighted by Gasteiger charge is 2.37. The summed E-state index contributed by atoms with van der Waals surface area (Å²) in [6.07, 6.45) is 1.39. The molecule has 5 nitrogen and oxygen atoms in total. The topological polar surface area (TPSA) is 84.2 Å². The number of amides is 2. The minimum atomic E-state index is -0.795. The summed E-state index contributed by atoms with van der Waals surface area (Å²) in [5, 5.41) is 5.40. The van der Waals surface area contributed by atoms with E-state index < -0.39 is 5.41 Å². The lowest BCUT2D eigenvalue weighted by atomic mass is 9.81. The van der Waals surface area contributed by atoms with Crippen LogP contribution in [0.3, 0.4) is 0 Å². The highest BCUT2D eigenvalue weighted by molar-refractivity contribution is 7.80. The molecule has 6 heteroatoms. The van der Waals surface area contributed by atoms with E-state index in [9.17, 15) is 9.59 Å². The van der Waals surface area contributed by atoms with Gasteiger partial charge >= 0.3 is 0 Å². The van der Waals surface area contributed by atoms with Gasteiger partial charge in [0.05, 0.1) is 10.4 Å². The van der Waals surface area contributed by atoms with E-state index in [0.29, 0.717) is 25.9 Å². The predicted molar refractivity (Wildman–Crippen MR) is 76.1 cm³/mol. The van der Waals surface area contributed by atoms with Gasteiger partial charge in [-0.3, -0.25) is 9.59 Å². The van der Waals surface area contributed by atoms with Crippen LogP contribution in [-0.2, 0) is 9.59 Å². The smallest absolute Gasteiger partial charge is 0.233 e. The molecule has 0 aliphatic heterocycles. The summed E-state index contributed by atoms with van der Waals surface area (Å²) in [5.74, 6) is -0.268. The highest BCUT2D eigenvalue weighted by atomic mass is 32.1. The summed E-state index contributed by atoms with van der Waals surface area (Å²) in [4.78, 5) is 23.5. The summed E-state index contributed by atoms with van der Waals surface area (Å²) in [5.41, 5.74) is 4.87. The molecular weight excluding hydrogens is 250 g/mol. The highest BCUT2D eigenvalue weighted by Crippen LogP contribution is 2.27. The molecule has 0 unspecified atom stereocenters. The number of nitrogens with two attached hydrogens (primary N) is 1. The van der Waals surface area contributed by atoms with Crippen molar-refractivity contribution in [3.63, 3.8) is 0 Å². The average molecular weight is 273 g/mol. The number of carbonyl (C=O) groups is 2. The van der Waals surface area contributed by atoms with E-state index in [0.717, 1.165) is 0 Å². The van der Waals surface area contributed by atoms with Crippen molar-refractivity contribution in [2.24, 2.45) is 11.1 Å². The van der Waals surface area contributed by atoms with Gasteiger partial charge in [-0.2, -0.15) is 0 Å². The van der Waals surface area contributed by atoms with Gasteiger partial charge in [0.15, 0.2) is 0 Å². The Bertz CT molecular complexity index is 314. The summed E-state index contributed by atoms with van der Waals surface area (Å²) < 4.78 is 0. The van der Waals surface area contributed by atoms with Crippen LogP contribution in [0, 0.1) is 5.41 Å². The van der Waals surface area contributed by atoms with Crippen LogP contribution < -0.4 is 16.4 Å². The van der Waals surface area contributed by atoms with Gasteiger partial charge in [-0.1, -0.05) is 26.1 Å². The van der Waals surface area contributed by atoms with Crippen LogP contribution in [0.1, 0.15) is 40.0 Å². The van der Waals surface area contributed by atoms with Crippen LogP contribution in [0.25, 0.3) is 0 Å². The standard InChI is InChI=1S/C12H23N3O2S/c1-4-12(5-2,10(13)18)11(17)15-8-7-9(16)14-6-3/h4-8H2,1-3H3,(H2,13,18)(H,14,16)(H,15,17). The molecular formula is C12H23N3O2S. The molecule has 0 radical (unpaired) electrons. The third-order valence-corrected chi connectivity index (χ3v) is 3.52. The van der Waals surface area contributed by atoms with Gasteiger partial charge < -0.3 is 16.4 Å². The van der Waals surface area contributed by atoms with E-state index in [1.165, 1.54) is 0 Å². The molecule has 0 rings (SSSR count). The van der Waals surface area contributed by atoms with Gasteiger partial charge in [-0.25, -0.2) is 0 Å². The van der Waals surface area contributed by atoms with Gasteiger partial charge in [-0.15, -0.1) is 0 Å². The molecule has 4 N–H and O–H groups in total. The quantitative estimate of drug-likeness (QED) is 0.569. The third-order valence-electron chi connectivity index (χ3n) is 3.12. The van der Waals surface area contributed by atoms with Crippen LogP contribution in [0.15, 0.2) is 0 Å². The van der Waals surface area contributed by atoms with Crippen molar-refractivity contribution in [3.8, 4) is 0 Å². The van der Waals surface area contributed by atoms with Crippen molar-refractivity contribution in [3.05, 3.63) is 0 Å². The number of nitrogens with one attached hydrogen (secondary N) is 2. The van der Waals surface area contributed by atoms with Crippen molar-refractivity contribution < 1.29 is 9.59 Å². The zero-order valence-corrected chi connectivity index (χ0v) is 12.2. The summed E-state index contributed by atoms with van der Waals surface area (Å²) in [7, 11) is 0. The molecule has 0 aromatic carbocycles. The molecule has 0 fully saturated rings. The zero-order chi connectivity index (χ0) is 14.2. The second-order valence-electron chi connectivity index (χ2n) is 4.11. The number of hydrogen-bond acceptors (Lipinski definition) is 3. The first-order chi connectivity index (χ1) is 8.44. The molecule has 0 atom stereocenters. The van der Waals surface area contributed by atoms with E-state index in [4.69, 9.17) is 18.0 Å². The Morgan fingerprint density at radius 3 is 2.11 bits per heavy atom. The molecule has 0 heterocycles. The van der Waals surface area contributed by atoms with Crippen molar-refractivity contribution >= 4 is 29.0 Å². The minimum Gasteiger partial charge on any atom is -0.392 e. The molecule has 0 aromatic heterocycles. The molecule has 0 spiro atoms. The molecule has 0 saturated heterocycles. The summed E-state index contributed by atoms with van der Waals surface area (Å²) >= 11 is 4.98. The maximum Gasteiger partial charge on any atom is 0.233 e. The number of hydrogen-bond donors (Lipinski definition) is 3. The van der Waals surface area contributed by atoms with Crippen LogP contribution in [0.2, 0.25) is 0 Å². The van der Waals surface area contributed by atoms with Crippen molar-refractivity contribution in [1.82, 2.24) is 10.6 Å². The molecule has 0 aromatic rings. The maximum atomic E-state index is 12.1. The Labute approximate surface area is 114 Å². The van der Waals surface area contributed by atoms with E-state index >= 15 is 0 Å². The molecule has 0 aliphatic carbocycles. The molecule has 0 aliphatic rings. The average Bonchev–Trinajstić information content (AvgIpc) is 2.31. The Morgan fingerprint density at radius 1 is 1.17 bits per heavy atom. The van der Waals surface area contributed by atoms with Gasteiger partial charge in [0, 0.05) is 19.5 Å². The predicted octanol–water partition coefficient (Wildman–Crippen LogP) is 0.721. The fourth-order valence-electron chi connectivity index (χ4n) is 1.78. The van der Waals surface area contributed by atoms with E-state index in [1.807, 2.05) is 20.8 Å². The van der Waals surface area contributed by atoms with Crippen LogP contribution in [0.5, 0.6) is 0 Å². The van der Waals surface area contributed by atoms with Gasteiger partial charge in [0.1, 0.15) is 0 Å². The number of thiocarbonyl (C=S) groups is 1. The van der Waals surface area contributed by atoms with Crippen LogP contribution in [-0.4, -0.2) is 29.9 Å². The van der Waals surface area contributed by atoms with Gasteiger partial charge in [-0.05, 0) is 19.8 Å². The number of carbonyl (C=O) groups excluding carboxylic acids is 2. The lowest BCUT2D eigenvalue weighted by molar-refractivity contribution is -0.128. The van der Waals surface area contributed by atoms with E-state index in [-0.39, 0.29) is 23.2 Å². The maximum absolute atomic E-state index is 12.1. The largest absolute Gasteiger partial charge is 0.392 e. The Hall–Kier alpha value is -1.17. The third kappa shape index (κ3) is 4.25. The van der Waals surface area contributed by atoms with Crippen LogP contribution >= 0.6 is 12.2 Å². The van der Waals surface area contributed by atoms with Gasteiger partial charge in [0.25, 0.3) is 0 Å². The first-order valence-electron chi connectivity index (χ1n) is 6.29. The van der Waals surface area contributed by atoms with E-state index in [1.54, 1.807) is 0 Å². The number of rotatable bonds is 8. The lowest BCUT2D eigenvalue weighted by Gasteiger charge is -2.28. The first-order valence-corrected chi connectivity index (χ1v) is 6.70. The normalized spacial score (nSPS) is 10.8. The second kappa shape index (κ2) is 8.02. The monoisotopic (exact) mass is 273 g/mol. The molecule has 104 valence electrons. The van der Waals surface area contributed by atoms with Crippen molar-refractivity contribution in [2.45, 2.75) is 40.0 Å².